The molecule has 5 heteroatoms. The van der Waals surface area contributed by atoms with E-state index in [-0.39, 0.29) is 0 Å². The van der Waals surface area contributed by atoms with Gasteiger partial charge in [-0.15, -0.1) is 0 Å². The quantitative estimate of drug-likeness (QED) is 0.923. The van der Waals surface area contributed by atoms with Crippen LogP contribution in [0.1, 0.15) is 36.0 Å². The van der Waals surface area contributed by atoms with Crippen LogP contribution in [0.25, 0.3) is 0 Å². The number of halogens is 3. The van der Waals surface area contributed by atoms with Crippen LogP contribution in [0.5, 0.6) is 0 Å². The van der Waals surface area contributed by atoms with Gasteiger partial charge in [-0.3, -0.25) is 4.90 Å². The first kappa shape index (κ1) is 15.3. The lowest BCUT2D eigenvalue weighted by molar-refractivity contribution is -0.137. The first-order chi connectivity index (χ1) is 9.41. The summed E-state index contributed by atoms with van der Waals surface area (Å²) in [5, 5.41) is 0. The van der Waals surface area contributed by atoms with Crippen molar-refractivity contribution in [2.75, 3.05) is 13.1 Å². The number of alkyl halides is 3. The molecule has 0 aliphatic carbocycles. The van der Waals surface area contributed by atoms with Crippen LogP contribution in [-0.2, 0) is 12.7 Å². The number of hydrogen-bond acceptors (Lipinski definition) is 2. The van der Waals surface area contributed by atoms with Crippen molar-refractivity contribution >= 4 is 0 Å². The van der Waals surface area contributed by atoms with Crippen molar-refractivity contribution in [1.29, 1.82) is 0 Å². The molecule has 1 atom stereocenters. The number of benzene rings is 1. The van der Waals surface area contributed by atoms with Gasteiger partial charge in [0.1, 0.15) is 0 Å². The van der Waals surface area contributed by atoms with Crippen molar-refractivity contribution in [2.45, 2.75) is 44.9 Å². The van der Waals surface area contributed by atoms with Crippen LogP contribution in [0.2, 0.25) is 0 Å². The minimum atomic E-state index is -4.27. The predicted octanol–water partition coefficient (Wildman–Crippen LogP) is 3.33. The van der Waals surface area contributed by atoms with Crippen LogP contribution in [0.15, 0.2) is 18.2 Å². The minimum absolute atomic E-state index is 0.352. The molecular weight excluding hydrogens is 265 g/mol. The summed E-state index contributed by atoms with van der Waals surface area (Å²) in [5.41, 5.74) is 6.85. The van der Waals surface area contributed by atoms with Gasteiger partial charge in [-0.2, -0.15) is 13.2 Å². The van der Waals surface area contributed by atoms with Crippen LogP contribution in [0, 0.1) is 6.92 Å². The second-order valence-electron chi connectivity index (χ2n) is 5.49. The van der Waals surface area contributed by atoms with Crippen molar-refractivity contribution in [2.24, 2.45) is 5.73 Å². The minimum Gasteiger partial charge on any atom is -0.329 e. The summed E-state index contributed by atoms with van der Waals surface area (Å²) in [6, 6.07) is 4.35. The van der Waals surface area contributed by atoms with Crippen LogP contribution in [0.3, 0.4) is 0 Å². The fraction of sp³-hybridized carbons (Fsp3) is 0.600. The molecule has 2 N–H and O–H groups in total. The zero-order valence-corrected chi connectivity index (χ0v) is 11.7. The molecule has 0 spiro atoms. The first-order valence-corrected chi connectivity index (χ1v) is 7.02. The zero-order valence-electron chi connectivity index (χ0n) is 11.7. The number of hydrogen-bond donors (Lipinski definition) is 1. The van der Waals surface area contributed by atoms with Crippen molar-refractivity contribution in [3.05, 3.63) is 34.9 Å². The lowest BCUT2D eigenvalue weighted by Crippen LogP contribution is -2.43. The van der Waals surface area contributed by atoms with Gasteiger partial charge in [-0.05, 0) is 49.6 Å². The summed E-state index contributed by atoms with van der Waals surface area (Å²) in [6.07, 6.45) is -0.870. The Labute approximate surface area is 117 Å². The molecule has 1 heterocycles. The third-order valence-electron chi connectivity index (χ3n) is 4.06. The topological polar surface area (TPSA) is 29.3 Å². The zero-order chi connectivity index (χ0) is 14.8. The van der Waals surface area contributed by atoms with Crippen LogP contribution in [-0.4, -0.2) is 24.0 Å². The van der Waals surface area contributed by atoms with Gasteiger partial charge in [0.05, 0.1) is 5.56 Å². The molecule has 1 fully saturated rings. The van der Waals surface area contributed by atoms with E-state index in [9.17, 15) is 13.2 Å². The first-order valence-electron chi connectivity index (χ1n) is 7.02. The summed E-state index contributed by atoms with van der Waals surface area (Å²) in [6.45, 7) is 4.01. The van der Waals surface area contributed by atoms with E-state index in [0.717, 1.165) is 24.9 Å². The Morgan fingerprint density at radius 3 is 2.65 bits per heavy atom. The van der Waals surface area contributed by atoms with Crippen LogP contribution >= 0.6 is 0 Å². The molecule has 0 amide bonds. The fourth-order valence-corrected chi connectivity index (χ4v) is 2.80. The summed E-state index contributed by atoms with van der Waals surface area (Å²) < 4.78 is 37.9. The summed E-state index contributed by atoms with van der Waals surface area (Å²) in [4.78, 5) is 2.29. The Balaban J connectivity index is 2.13. The molecule has 1 saturated heterocycles. The monoisotopic (exact) mass is 286 g/mol. The van der Waals surface area contributed by atoms with Gasteiger partial charge >= 0.3 is 6.18 Å². The van der Waals surface area contributed by atoms with Gasteiger partial charge in [0.15, 0.2) is 0 Å². The Bertz CT molecular complexity index is 457. The number of likely N-dealkylation sites (tertiary alicyclic amines) is 1. The average molecular weight is 286 g/mol. The van der Waals surface area contributed by atoms with Gasteiger partial charge in [-0.1, -0.05) is 12.5 Å². The predicted molar refractivity (Wildman–Crippen MR) is 73.3 cm³/mol. The molecule has 1 aromatic rings. The van der Waals surface area contributed by atoms with Crippen molar-refractivity contribution < 1.29 is 13.2 Å². The number of rotatable bonds is 3. The third kappa shape index (κ3) is 3.52. The molecule has 1 unspecified atom stereocenters. The third-order valence-corrected chi connectivity index (χ3v) is 4.06. The molecule has 2 rings (SSSR count). The van der Waals surface area contributed by atoms with E-state index >= 15 is 0 Å². The number of aryl methyl sites for hydroxylation is 1. The Hall–Kier alpha value is -1.07. The van der Waals surface area contributed by atoms with Gasteiger partial charge in [-0.25, -0.2) is 0 Å². The van der Waals surface area contributed by atoms with Crippen molar-refractivity contribution in [1.82, 2.24) is 4.90 Å². The van der Waals surface area contributed by atoms with E-state index in [0.29, 0.717) is 24.7 Å². The molecule has 20 heavy (non-hydrogen) atoms. The lowest BCUT2D eigenvalue weighted by Gasteiger charge is -2.35. The number of nitrogens with two attached hydrogens (primary N) is 1. The molecule has 0 radical (unpaired) electrons. The van der Waals surface area contributed by atoms with E-state index in [4.69, 9.17) is 5.73 Å². The molecular formula is C15H21F3N2. The highest BCUT2D eigenvalue weighted by molar-refractivity contribution is 5.32. The van der Waals surface area contributed by atoms with Gasteiger partial charge < -0.3 is 5.73 Å². The maximum Gasteiger partial charge on any atom is 0.416 e. The molecule has 0 bridgehead atoms. The van der Waals surface area contributed by atoms with Gasteiger partial charge in [0.2, 0.25) is 0 Å². The smallest absolute Gasteiger partial charge is 0.329 e. The molecule has 0 aromatic heterocycles. The summed E-state index contributed by atoms with van der Waals surface area (Å²) in [5.74, 6) is 0. The highest BCUT2D eigenvalue weighted by Gasteiger charge is 2.31. The van der Waals surface area contributed by atoms with Gasteiger partial charge in [0, 0.05) is 19.1 Å². The fourth-order valence-electron chi connectivity index (χ4n) is 2.80. The van der Waals surface area contributed by atoms with E-state index in [2.05, 4.69) is 4.90 Å². The SMILES string of the molecule is Cc1cc(C(F)(F)F)ccc1CN1CCCCC1CN. The second kappa shape index (κ2) is 6.14. The van der Waals surface area contributed by atoms with Crippen LogP contribution in [0.4, 0.5) is 13.2 Å². The largest absolute Gasteiger partial charge is 0.416 e. The van der Waals surface area contributed by atoms with E-state index in [1.165, 1.54) is 18.6 Å². The molecule has 1 aliphatic rings. The van der Waals surface area contributed by atoms with Gasteiger partial charge in [0.25, 0.3) is 0 Å². The van der Waals surface area contributed by atoms with E-state index in [1.54, 1.807) is 13.0 Å². The molecule has 2 nitrogen and oxygen atoms in total. The van der Waals surface area contributed by atoms with Crippen molar-refractivity contribution in [3.63, 3.8) is 0 Å². The summed E-state index contributed by atoms with van der Waals surface area (Å²) in [7, 11) is 0. The Morgan fingerprint density at radius 1 is 1.30 bits per heavy atom. The maximum atomic E-state index is 12.6. The standard InChI is InChI=1S/C15H21F3N2/c1-11-8-13(15(16,17)18)6-5-12(11)10-20-7-3-2-4-14(20)9-19/h5-6,8,14H,2-4,7,9-10,19H2,1H3. The van der Waals surface area contributed by atoms with Crippen LogP contribution < -0.4 is 5.73 Å². The number of nitrogens with zero attached hydrogens (tertiary/aromatic N) is 1. The number of piperidine rings is 1. The van der Waals surface area contributed by atoms with Crippen molar-refractivity contribution in [3.8, 4) is 0 Å². The van der Waals surface area contributed by atoms with E-state index < -0.39 is 11.7 Å². The Morgan fingerprint density at radius 2 is 2.05 bits per heavy atom. The second-order valence-corrected chi connectivity index (χ2v) is 5.49. The molecule has 112 valence electrons. The molecule has 0 saturated carbocycles. The highest BCUT2D eigenvalue weighted by Crippen LogP contribution is 2.31. The lowest BCUT2D eigenvalue weighted by atomic mass is 9.99. The maximum absolute atomic E-state index is 12.6. The normalized spacial score (nSPS) is 21.1. The molecule has 1 aliphatic heterocycles. The average Bonchev–Trinajstić information content (AvgIpc) is 2.40. The van der Waals surface area contributed by atoms with E-state index in [1.807, 2.05) is 0 Å². The summed E-state index contributed by atoms with van der Waals surface area (Å²) >= 11 is 0. The molecule has 1 aromatic carbocycles. The Kier molecular flexibility index (Phi) is 4.70. The highest BCUT2D eigenvalue weighted by atomic mass is 19.4.